The quantitative estimate of drug-likeness (QED) is 0.702. The van der Waals surface area contributed by atoms with Gasteiger partial charge in [-0.3, -0.25) is 0 Å². The third-order valence-corrected chi connectivity index (χ3v) is 2.42. The van der Waals surface area contributed by atoms with Crippen molar-refractivity contribution in [2.24, 2.45) is 0 Å². The molecule has 2 rings (SSSR count). The summed E-state index contributed by atoms with van der Waals surface area (Å²) in [6.07, 6.45) is 1.81. The van der Waals surface area contributed by atoms with Crippen LogP contribution in [0.4, 0.5) is 4.39 Å². The van der Waals surface area contributed by atoms with E-state index in [9.17, 15) is 4.39 Å². The third-order valence-electron chi connectivity index (χ3n) is 1.59. The number of H-pyrrole nitrogens is 1. The molecule has 0 spiro atoms. The summed E-state index contributed by atoms with van der Waals surface area (Å²) in [5.41, 5.74) is 0.982. The van der Waals surface area contributed by atoms with Gasteiger partial charge in [-0.05, 0) is 40.8 Å². The summed E-state index contributed by atoms with van der Waals surface area (Å²) in [6, 6.07) is 5.19. The Kier molecular flexibility index (Phi) is 1.60. The number of hydrogen-bond donors (Lipinski definition) is 1. The van der Waals surface area contributed by atoms with Gasteiger partial charge in [-0.1, -0.05) is 0 Å². The van der Waals surface area contributed by atoms with Crippen LogP contribution >= 0.6 is 22.6 Å². The number of aromatic nitrogens is 1. The highest BCUT2D eigenvalue weighted by Crippen LogP contribution is 2.18. The molecule has 1 nitrogen and oxygen atoms in total. The van der Waals surface area contributed by atoms with Crippen LogP contribution in [0.5, 0.6) is 0 Å². The lowest BCUT2D eigenvalue weighted by molar-refractivity contribution is 0.622. The molecule has 0 aliphatic heterocycles. The summed E-state index contributed by atoms with van der Waals surface area (Å²) >= 11 is 1.97. The predicted molar refractivity (Wildman–Crippen MR) is 51.0 cm³/mol. The van der Waals surface area contributed by atoms with Gasteiger partial charge >= 0.3 is 0 Å². The topological polar surface area (TPSA) is 15.8 Å². The van der Waals surface area contributed by atoms with Gasteiger partial charge in [-0.15, -0.1) is 0 Å². The molecular formula is C8H5FIN. The summed E-state index contributed by atoms with van der Waals surface area (Å²) < 4.78 is 13.6. The summed E-state index contributed by atoms with van der Waals surface area (Å²) in [7, 11) is 0. The lowest BCUT2D eigenvalue weighted by atomic mass is 10.2. The first-order chi connectivity index (χ1) is 5.27. The number of halogens is 2. The van der Waals surface area contributed by atoms with Gasteiger partial charge in [-0.25, -0.2) is 4.39 Å². The highest BCUT2D eigenvalue weighted by atomic mass is 127. The van der Waals surface area contributed by atoms with Crippen LogP contribution < -0.4 is 0 Å². The molecule has 56 valence electrons. The van der Waals surface area contributed by atoms with Crippen LogP contribution in [0.1, 0.15) is 0 Å². The fraction of sp³-hybridized carbons (Fsp3) is 0. The van der Waals surface area contributed by atoms with Gasteiger partial charge in [0.15, 0.2) is 0 Å². The SMILES string of the molecule is Fc1cc2cc[nH]c2cc1I. The normalized spacial score (nSPS) is 10.7. The number of benzene rings is 1. The molecule has 1 N–H and O–H groups in total. The van der Waals surface area contributed by atoms with E-state index in [-0.39, 0.29) is 5.82 Å². The lowest BCUT2D eigenvalue weighted by Gasteiger charge is -1.93. The van der Waals surface area contributed by atoms with Crippen molar-refractivity contribution in [2.75, 3.05) is 0 Å². The minimum atomic E-state index is -0.155. The molecule has 0 unspecified atom stereocenters. The van der Waals surface area contributed by atoms with Gasteiger partial charge in [0.25, 0.3) is 0 Å². The smallest absolute Gasteiger partial charge is 0.137 e. The standard InChI is InChI=1S/C8H5FIN/c9-6-3-5-1-2-11-8(5)4-7(6)10/h1-4,11H. The van der Waals surface area contributed by atoms with Crippen molar-refractivity contribution in [1.82, 2.24) is 4.98 Å². The predicted octanol–water partition coefficient (Wildman–Crippen LogP) is 2.91. The van der Waals surface area contributed by atoms with Crippen molar-refractivity contribution < 1.29 is 4.39 Å². The van der Waals surface area contributed by atoms with Crippen LogP contribution in [0.25, 0.3) is 10.9 Å². The molecule has 0 bridgehead atoms. The molecule has 11 heavy (non-hydrogen) atoms. The van der Waals surface area contributed by atoms with Gasteiger partial charge in [0.1, 0.15) is 5.82 Å². The Morgan fingerprint density at radius 3 is 3.00 bits per heavy atom. The number of fused-ring (bicyclic) bond motifs is 1. The maximum Gasteiger partial charge on any atom is 0.137 e. The molecule has 0 saturated carbocycles. The zero-order chi connectivity index (χ0) is 7.84. The van der Waals surface area contributed by atoms with E-state index in [2.05, 4.69) is 4.98 Å². The first-order valence-corrected chi connectivity index (χ1v) is 4.27. The number of nitrogens with one attached hydrogen (secondary N) is 1. The summed E-state index contributed by atoms with van der Waals surface area (Å²) in [5, 5.41) is 0.919. The fourth-order valence-electron chi connectivity index (χ4n) is 1.05. The van der Waals surface area contributed by atoms with Crippen molar-refractivity contribution in [1.29, 1.82) is 0 Å². The van der Waals surface area contributed by atoms with Gasteiger partial charge in [-0.2, -0.15) is 0 Å². The highest BCUT2D eigenvalue weighted by molar-refractivity contribution is 14.1. The van der Waals surface area contributed by atoms with Crippen molar-refractivity contribution >= 4 is 33.5 Å². The summed E-state index contributed by atoms with van der Waals surface area (Å²) in [4.78, 5) is 3.02. The van der Waals surface area contributed by atoms with E-state index in [1.807, 2.05) is 28.7 Å². The van der Waals surface area contributed by atoms with E-state index < -0.39 is 0 Å². The molecule has 0 radical (unpaired) electrons. The maximum absolute atomic E-state index is 12.9. The average molecular weight is 261 g/mol. The average Bonchev–Trinajstić information content (AvgIpc) is 2.36. The Hall–Kier alpha value is -0.580. The van der Waals surface area contributed by atoms with E-state index in [0.717, 1.165) is 10.9 Å². The third kappa shape index (κ3) is 1.13. The van der Waals surface area contributed by atoms with Gasteiger partial charge < -0.3 is 4.98 Å². The Morgan fingerprint density at radius 1 is 1.36 bits per heavy atom. The van der Waals surface area contributed by atoms with E-state index in [0.29, 0.717) is 3.57 Å². The largest absolute Gasteiger partial charge is 0.361 e. The van der Waals surface area contributed by atoms with E-state index in [4.69, 9.17) is 0 Å². The first-order valence-electron chi connectivity index (χ1n) is 3.19. The second-order valence-corrected chi connectivity index (χ2v) is 3.49. The van der Waals surface area contributed by atoms with Crippen LogP contribution in [0, 0.1) is 9.39 Å². The van der Waals surface area contributed by atoms with Crippen LogP contribution in [-0.4, -0.2) is 4.98 Å². The molecule has 1 heterocycles. The van der Waals surface area contributed by atoms with Gasteiger partial charge in [0, 0.05) is 17.1 Å². The Bertz CT molecular complexity index is 358. The Balaban J connectivity index is 2.86. The first kappa shape index (κ1) is 7.09. The molecule has 0 aliphatic carbocycles. The van der Waals surface area contributed by atoms with Crippen molar-refractivity contribution in [3.05, 3.63) is 33.8 Å². The molecule has 0 atom stereocenters. The van der Waals surface area contributed by atoms with E-state index in [1.165, 1.54) is 6.07 Å². The van der Waals surface area contributed by atoms with Crippen LogP contribution in [-0.2, 0) is 0 Å². The Morgan fingerprint density at radius 2 is 2.18 bits per heavy atom. The maximum atomic E-state index is 12.9. The van der Waals surface area contributed by atoms with Crippen LogP contribution in [0.2, 0.25) is 0 Å². The van der Waals surface area contributed by atoms with Crippen molar-refractivity contribution in [3.63, 3.8) is 0 Å². The molecule has 0 fully saturated rings. The number of aromatic amines is 1. The zero-order valence-corrected chi connectivity index (χ0v) is 7.72. The van der Waals surface area contributed by atoms with E-state index >= 15 is 0 Å². The molecule has 0 amide bonds. The second kappa shape index (κ2) is 2.48. The monoisotopic (exact) mass is 261 g/mol. The van der Waals surface area contributed by atoms with Crippen molar-refractivity contribution in [3.8, 4) is 0 Å². The minimum absolute atomic E-state index is 0.155. The fourth-order valence-corrected chi connectivity index (χ4v) is 1.51. The molecular weight excluding hydrogens is 256 g/mol. The van der Waals surface area contributed by atoms with Gasteiger partial charge in [0.2, 0.25) is 0 Å². The molecule has 2 aromatic rings. The molecule has 1 aromatic heterocycles. The van der Waals surface area contributed by atoms with E-state index in [1.54, 1.807) is 12.3 Å². The molecule has 0 aliphatic rings. The summed E-state index contributed by atoms with van der Waals surface area (Å²) in [5.74, 6) is -0.155. The molecule has 1 aromatic carbocycles. The minimum Gasteiger partial charge on any atom is -0.361 e. The molecule has 0 saturated heterocycles. The number of hydrogen-bond acceptors (Lipinski definition) is 0. The number of rotatable bonds is 0. The zero-order valence-electron chi connectivity index (χ0n) is 5.57. The second-order valence-electron chi connectivity index (χ2n) is 2.33. The van der Waals surface area contributed by atoms with Crippen molar-refractivity contribution in [2.45, 2.75) is 0 Å². The summed E-state index contributed by atoms with van der Waals surface area (Å²) in [6.45, 7) is 0. The van der Waals surface area contributed by atoms with Crippen LogP contribution in [0.3, 0.4) is 0 Å². The van der Waals surface area contributed by atoms with Gasteiger partial charge in [0.05, 0.1) is 3.57 Å². The van der Waals surface area contributed by atoms with Crippen LogP contribution in [0.15, 0.2) is 24.4 Å². The molecule has 3 heteroatoms. The lowest BCUT2D eigenvalue weighted by Crippen LogP contribution is -1.79. The highest BCUT2D eigenvalue weighted by Gasteiger charge is 2.00. The Labute approximate surface area is 76.7 Å².